The third-order valence-electron chi connectivity index (χ3n) is 9.08. The van der Waals surface area contributed by atoms with Gasteiger partial charge in [0, 0.05) is 11.4 Å². The molecule has 0 atom stereocenters. The Hall–Kier alpha value is -7.16. The van der Waals surface area contributed by atoms with Crippen molar-refractivity contribution < 1.29 is 0 Å². The molecule has 8 heteroatoms. The number of nitrogens with zero attached hydrogens (tertiary/aromatic N) is 4. The molecule has 7 nitrogen and oxygen atoms in total. The molecule has 3 N–H and O–H groups in total. The molecule has 9 rings (SSSR count). The molecular formula is C46H33N7S. The molecule has 0 radical (unpaired) electrons. The zero-order valence-corrected chi connectivity index (χ0v) is 29.8. The van der Waals surface area contributed by atoms with E-state index >= 15 is 0 Å². The van der Waals surface area contributed by atoms with Crippen LogP contribution in [-0.2, 0) is 0 Å². The van der Waals surface area contributed by atoms with Crippen LogP contribution in [0.1, 0.15) is 0 Å². The Labute approximate surface area is 317 Å². The maximum absolute atomic E-state index is 4.75. The van der Waals surface area contributed by atoms with Gasteiger partial charge in [0.1, 0.15) is 0 Å². The summed E-state index contributed by atoms with van der Waals surface area (Å²) in [5.41, 5.74) is 11.9. The first kappa shape index (κ1) is 32.7. The number of aromatic nitrogens is 4. The average molecular weight is 716 g/mol. The van der Waals surface area contributed by atoms with Gasteiger partial charge in [0.05, 0.1) is 10.2 Å². The van der Waals surface area contributed by atoms with Gasteiger partial charge in [-0.1, -0.05) is 157 Å². The van der Waals surface area contributed by atoms with Crippen LogP contribution in [0.25, 0.3) is 54.7 Å². The van der Waals surface area contributed by atoms with E-state index in [0.717, 1.165) is 43.8 Å². The normalized spacial score (nSPS) is 11.0. The Kier molecular flexibility index (Phi) is 8.99. The van der Waals surface area contributed by atoms with Crippen molar-refractivity contribution in [2.45, 2.75) is 0 Å². The molecule has 0 aliphatic rings. The predicted molar refractivity (Wildman–Crippen MR) is 224 cm³/mol. The van der Waals surface area contributed by atoms with Crippen molar-refractivity contribution in [3.8, 4) is 44.5 Å². The van der Waals surface area contributed by atoms with E-state index in [1.54, 1.807) is 11.3 Å². The first-order valence-corrected chi connectivity index (χ1v) is 18.4. The third-order valence-corrected chi connectivity index (χ3v) is 10.0. The number of thiazole rings is 1. The van der Waals surface area contributed by atoms with Gasteiger partial charge in [-0.3, -0.25) is 5.32 Å². The van der Waals surface area contributed by atoms with E-state index in [1.165, 1.54) is 22.3 Å². The Morgan fingerprint density at radius 1 is 0.296 bits per heavy atom. The lowest BCUT2D eigenvalue weighted by Gasteiger charge is -2.12. The standard InChI is InChI=1S/C46H33N7S/c1-3-9-31(10-4-1)33-15-19-35(20-16-33)37-23-27-39(28-24-37)47-43-50-44(52-45(51-43)53-46-49-41-13-7-8-14-42(41)54-46)48-40-29-25-38(26-30-40)36-21-17-34(18-22-36)32-11-5-2-6-12-32/h1-30H,(H3,47,48,49,50,51,52,53). The molecule has 258 valence electrons. The van der Waals surface area contributed by atoms with E-state index in [0.29, 0.717) is 23.0 Å². The number of fused-ring (bicyclic) bond motifs is 1. The van der Waals surface area contributed by atoms with Crippen LogP contribution in [0.3, 0.4) is 0 Å². The van der Waals surface area contributed by atoms with Crippen LogP contribution in [0.15, 0.2) is 182 Å². The first-order valence-electron chi connectivity index (χ1n) is 17.6. The minimum absolute atomic E-state index is 0.374. The maximum Gasteiger partial charge on any atom is 0.235 e. The zero-order valence-electron chi connectivity index (χ0n) is 29.0. The third kappa shape index (κ3) is 7.41. The minimum atomic E-state index is 0.374. The Morgan fingerprint density at radius 3 is 1.04 bits per heavy atom. The summed E-state index contributed by atoms with van der Waals surface area (Å²) in [5, 5.41) is 10.8. The second-order valence-corrected chi connectivity index (χ2v) is 13.7. The van der Waals surface area contributed by atoms with E-state index in [9.17, 15) is 0 Å². The summed E-state index contributed by atoms with van der Waals surface area (Å²) >= 11 is 1.55. The van der Waals surface area contributed by atoms with Crippen LogP contribution >= 0.6 is 11.3 Å². The lowest BCUT2D eigenvalue weighted by molar-refractivity contribution is 1.06. The quantitative estimate of drug-likeness (QED) is 0.130. The fourth-order valence-corrected chi connectivity index (χ4v) is 7.15. The molecule has 0 aliphatic heterocycles. The fraction of sp³-hybridized carbons (Fsp3) is 0. The van der Waals surface area contributed by atoms with Gasteiger partial charge in [-0.05, 0) is 80.9 Å². The molecule has 0 unspecified atom stereocenters. The molecule has 2 aromatic heterocycles. The van der Waals surface area contributed by atoms with Gasteiger partial charge < -0.3 is 10.6 Å². The minimum Gasteiger partial charge on any atom is -0.324 e. The number of anilines is 6. The second kappa shape index (κ2) is 14.8. The maximum atomic E-state index is 4.75. The molecule has 9 aromatic rings. The largest absolute Gasteiger partial charge is 0.324 e. The molecule has 0 aliphatic carbocycles. The second-order valence-electron chi connectivity index (χ2n) is 12.7. The lowest BCUT2D eigenvalue weighted by atomic mass is 10.0. The lowest BCUT2D eigenvalue weighted by Crippen LogP contribution is -2.07. The van der Waals surface area contributed by atoms with Gasteiger partial charge in [0.15, 0.2) is 5.13 Å². The number of rotatable bonds is 10. The van der Waals surface area contributed by atoms with Crippen molar-refractivity contribution in [1.82, 2.24) is 19.9 Å². The fourth-order valence-electron chi connectivity index (χ4n) is 6.29. The molecule has 7 aromatic carbocycles. The van der Waals surface area contributed by atoms with Crippen molar-refractivity contribution in [3.63, 3.8) is 0 Å². The zero-order chi connectivity index (χ0) is 36.1. The van der Waals surface area contributed by atoms with Gasteiger partial charge in [-0.2, -0.15) is 15.0 Å². The molecule has 0 amide bonds. The Morgan fingerprint density at radius 2 is 0.630 bits per heavy atom. The molecule has 54 heavy (non-hydrogen) atoms. The van der Waals surface area contributed by atoms with E-state index < -0.39 is 0 Å². The number of hydrogen-bond donors (Lipinski definition) is 3. The van der Waals surface area contributed by atoms with Crippen LogP contribution in [0.5, 0.6) is 0 Å². The molecule has 0 bridgehead atoms. The Balaban J connectivity index is 0.947. The van der Waals surface area contributed by atoms with Gasteiger partial charge in [-0.25, -0.2) is 4.98 Å². The first-order chi connectivity index (χ1) is 26.7. The summed E-state index contributed by atoms with van der Waals surface area (Å²) < 4.78 is 1.08. The van der Waals surface area contributed by atoms with Crippen LogP contribution < -0.4 is 16.0 Å². The molecule has 0 saturated carbocycles. The molecule has 0 spiro atoms. The van der Waals surface area contributed by atoms with Crippen molar-refractivity contribution in [2.75, 3.05) is 16.0 Å². The van der Waals surface area contributed by atoms with E-state index in [4.69, 9.17) is 19.9 Å². The molecular weight excluding hydrogens is 683 g/mol. The Bertz CT molecular complexity index is 2460. The highest BCUT2D eigenvalue weighted by molar-refractivity contribution is 7.22. The summed E-state index contributed by atoms with van der Waals surface area (Å²) in [6.07, 6.45) is 0. The van der Waals surface area contributed by atoms with Crippen molar-refractivity contribution in [3.05, 3.63) is 182 Å². The molecule has 0 fully saturated rings. The van der Waals surface area contributed by atoms with E-state index in [1.807, 2.05) is 60.7 Å². The number of benzene rings is 7. The average Bonchev–Trinajstić information content (AvgIpc) is 3.64. The number of hydrogen-bond acceptors (Lipinski definition) is 8. The summed E-state index contributed by atoms with van der Waals surface area (Å²) in [7, 11) is 0. The van der Waals surface area contributed by atoms with Crippen molar-refractivity contribution >= 4 is 55.9 Å². The summed E-state index contributed by atoms with van der Waals surface area (Å²) in [6, 6.07) is 62.6. The van der Waals surface area contributed by atoms with Gasteiger partial charge in [0.2, 0.25) is 17.8 Å². The number of para-hydroxylation sites is 1. The van der Waals surface area contributed by atoms with Gasteiger partial charge in [-0.15, -0.1) is 0 Å². The van der Waals surface area contributed by atoms with E-state index in [2.05, 4.69) is 137 Å². The van der Waals surface area contributed by atoms with E-state index in [-0.39, 0.29) is 0 Å². The predicted octanol–water partition coefficient (Wildman–Crippen LogP) is 12.4. The summed E-state index contributed by atoms with van der Waals surface area (Å²) in [5.74, 6) is 1.16. The smallest absolute Gasteiger partial charge is 0.235 e. The SMILES string of the molecule is c1ccc(-c2ccc(-c3ccc(Nc4nc(Nc5ccc(-c6ccc(-c7ccccc7)cc6)cc5)nc(Nc5nc6ccccc6s5)n4)cc3)cc2)cc1. The highest BCUT2D eigenvalue weighted by atomic mass is 32.1. The van der Waals surface area contributed by atoms with Crippen LogP contribution in [0.2, 0.25) is 0 Å². The highest BCUT2D eigenvalue weighted by Crippen LogP contribution is 2.31. The summed E-state index contributed by atoms with van der Waals surface area (Å²) in [4.78, 5) is 18.9. The summed E-state index contributed by atoms with van der Waals surface area (Å²) in [6.45, 7) is 0. The van der Waals surface area contributed by atoms with Crippen LogP contribution in [0.4, 0.5) is 34.4 Å². The monoisotopic (exact) mass is 715 g/mol. The number of nitrogens with one attached hydrogen (secondary N) is 3. The van der Waals surface area contributed by atoms with Crippen LogP contribution in [-0.4, -0.2) is 19.9 Å². The van der Waals surface area contributed by atoms with Crippen molar-refractivity contribution in [1.29, 1.82) is 0 Å². The molecule has 0 saturated heterocycles. The van der Waals surface area contributed by atoms with Gasteiger partial charge >= 0.3 is 0 Å². The highest BCUT2D eigenvalue weighted by Gasteiger charge is 2.12. The van der Waals surface area contributed by atoms with Crippen molar-refractivity contribution in [2.24, 2.45) is 0 Å². The van der Waals surface area contributed by atoms with Crippen LogP contribution in [0, 0.1) is 0 Å². The molecule has 2 heterocycles. The van der Waals surface area contributed by atoms with Gasteiger partial charge in [0.25, 0.3) is 0 Å². The topological polar surface area (TPSA) is 87.7 Å².